The van der Waals surface area contributed by atoms with E-state index in [1.54, 1.807) is 6.92 Å². The maximum absolute atomic E-state index is 11.5. The first-order valence-electron chi connectivity index (χ1n) is 4.77. The lowest BCUT2D eigenvalue weighted by Crippen LogP contribution is -2.40. The Balaban J connectivity index is 0.00000196. The number of sulfonamides is 1. The zero-order valence-electron chi connectivity index (χ0n) is 9.02. The monoisotopic (exact) mass is 258 g/mol. The summed E-state index contributed by atoms with van der Waals surface area (Å²) in [5.74, 6) is 0.0278. The van der Waals surface area contributed by atoms with Gasteiger partial charge in [0.05, 0.1) is 11.9 Å². The van der Waals surface area contributed by atoms with Gasteiger partial charge in [-0.15, -0.1) is 12.4 Å². The molecule has 1 aliphatic heterocycles. The zero-order valence-corrected chi connectivity index (χ0v) is 10.7. The van der Waals surface area contributed by atoms with Gasteiger partial charge in [0.1, 0.15) is 0 Å². The van der Waals surface area contributed by atoms with E-state index in [1.807, 2.05) is 0 Å². The van der Waals surface area contributed by atoms with Gasteiger partial charge >= 0.3 is 0 Å². The Hall–Kier alpha value is 0.120. The summed E-state index contributed by atoms with van der Waals surface area (Å²) >= 11 is 0. The first kappa shape index (κ1) is 15.1. The number of nitrogens with one attached hydrogen (secondary N) is 2. The fourth-order valence-electron chi connectivity index (χ4n) is 1.43. The molecule has 2 unspecified atom stereocenters. The van der Waals surface area contributed by atoms with E-state index in [2.05, 4.69) is 10.0 Å². The quantitative estimate of drug-likeness (QED) is 0.712. The standard InChI is InChI=1S/C8H18N2O3S.ClH/c1-7(13-2)6-14(11,12)10-8-3-4-9-5-8;/h7-10H,3-6H2,1-2H3;1H. The van der Waals surface area contributed by atoms with Crippen LogP contribution in [0.15, 0.2) is 0 Å². The van der Waals surface area contributed by atoms with Crippen LogP contribution in [0.5, 0.6) is 0 Å². The van der Waals surface area contributed by atoms with Crippen molar-refractivity contribution in [1.29, 1.82) is 0 Å². The van der Waals surface area contributed by atoms with Crippen LogP contribution < -0.4 is 10.0 Å². The summed E-state index contributed by atoms with van der Waals surface area (Å²) in [5, 5.41) is 3.10. The third-order valence-electron chi connectivity index (χ3n) is 2.26. The van der Waals surface area contributed by atoms with Crippen LogP contribution in [-0.2, 0) is 14.8 Å². The summed E-state index contributed by atoms with van der Waals surface area (Å²) in [6, 6.07) is 0.0454. The summed E-state index contributed by atoms with van der Waals surface area (Å²) in [4.78, 5) is 0. The molecule has 1 saturated heterocycles. The smallest absolute Gasteiger partial charge is 0.214 e. The molecule has 0 aliphatic carbocycles. The Labute approximate surface area is 97.4 Å². The lowest BCUT2D eigenvalue weighted by Gasteiger charge is -2.14. The minimum Gasteiger partial charge on any atom is -0.381 e. The largest absolute Gasteiger partial charge is 0.381 e. The molecule has 15 heavy (non-hydrogen) atoms. The molecule has 2 atom stereocenters. The predicted octanol–water partition coefficient (Wildman–Crippen LogP) is -0.276. The summed E-state index contributed by atoms with van der Waals surface area (Å²) in [6.45, 7) is 3.35. The van der Waals surface area contributed by atoms with Gasteiger partial charge in [-0.25, -0.2) is 13.1 Å². The van der Waals surface area contributed by atoms with Crippen molar-refractivity contribution in [3.05, 3.63) is 0 Å². The van der Waals surface area contributed by atoms with Crippen LogP contribution >= 0.6 is 12.4 Å². The highest BCUT2D eigenvalue weighted by Gasteiger charge is 2.22. The molecule has 92 valence electrons. The summed E-state index contributed by atoms with van der Waals surface area (Å²) in [5.41, 5.74) is 0. The molecule has 0 saturated carbocycles. The second-order valence-electron chi connectivity index (χ2n) is 3.64. The van der Waals surface area contributed by atoms with Crippen molar-refractivity contribution in [2.45, 2.75) is 25.5 Å². The van der Waals surface area contributed by atoms with Gasteiger partial charge in [0, 0.05) is 19.7 Å². The highest BCUT2D eigenvalue weighted by molar-refractivity contribution is 7.89. The Kier molecular flexibility index (Phi) is 6.70. The molecule has 1 rings (SSSR count). The highest BCUT2D eigenvalue weighted by Crippen LogP contribution is 2.01. The van der Waals surface area contributed by atoms with Crippen LogP contribution in [0.4, 0.5) is 0 Å². The van der Waals surface area contributed by atoms with E-state index in [9.17, 15) is 8.42 Å². The number of hydrogen-bond acceptors (Lipinski definition) is 4. The van der Waals surface area contributed by atoms with E-state index in [1.165, 1.54) is 7.11 Å². The van der Waals surface area contributed by atoms with E-state index in [0.29, 0.717) is 0 Å². The molecule has 0 aromatic rings. The van der Waals surface area contributed by atoms with Gasteiger partial charge in [-0.05, 0) is 19.9 Å². The van der Waals surface area contributed by atoms with Crippen molar-refractivity contribution in [2.24, 2.45) is 0 Å². The number of methoxy groups -OCH3 is 1. The summed E-state index contributed by atoms with van der Waals surface area (Å²) in [7, 11) is -1.68. The van der Waals surface area contributed by atoms with Crippen molar-refractivity contribution in [2.75, 3.05) is 26.0 Å². The molecule has 0 radical (unpaired) electrons. The van der Waals surface area contributed by atoms with E-state index in [4.69, 9.17) is 4.74 Å². The second-order valence-corrected chi connectivity index (χ2v) is 5.43. The van der Waals surface area contributed by atoms with Gasteiger partial charge in [0.15, 0.2) is 0 Å². The third kappa shape index (κ3) is 5.67. The van der Waals surface area contributed by atoms with Gasteiger partial charge in [-0.2, -0.15) is 0 Å². The molecule has 0 aromatic carbocycles. The number of rotatable bonds is 5. The molecule has 0 amide bonds. The topological polar surface area (TPSA) is 67.4 Å². The molecular formula is C8H19ClN2O3S. The fourth-order valence-corrected chi connectivity index (χ4v) is 2.99. The Bertz CT molecular complexity index is 265. The van der Waals surface area contributed by atoms with E-state index in [0.717, 1.165) is 19.5 Å². The maximum atomic E-state index is 11.5. The van der Waals surface area contributed by atoms with Crippen molar-refractivity contribution in [3.8, 4) is 0 Å². The Morgan fingerprint density at radius 2 is 2.27 bits per heavy atom. The second kappa shape index (κ2) is 6.65. The molecule has 0 aromatic heterocycles. The van der Waals surface area contributed by atoms with Gasteiger partial charge in [-0.3, -0.25) is 0 Å². The molecule has 1 aliphatic rings. The zero-order chi connectivity index (χ0) is 10.6. The predicted molar refractivity (Wildman–Crippen MR) is 61.9 cm³/mol. The van der Waals surface area contributed by atoms with E-state index >= 15 is 0 Å². The third-order valence-corrected chi connectivity index (χ3v) is 3.86. The van der Waals surface area contributed by atoms with Gasteiger partial charge in [-0.1, -0.05) is 0 Å². The van der Waals surface area contributed by atoms with Crippen LogP contribution in [0.1, 0.15) is 13.3 Å². The van der Waals surface area contributed by atoms with Crippen molar-refractivity contribution in [3.63, 3.8) is 0 Å². The average molecular weight is 259 g/mol. The molecule has 7 heteroatoms. The Morgan fingerprint density at radius 1 is 1.60 bits per heavy atom. The number of ether oxygens (including phenoxy) is 1. The minimum atomic E-state index is -3.19. The van der Waals surface area contributed by atoms with Crippen molar-refractivity contribution >= 4 is 22.4 Å². The van der Waals surface area contributed by atoms with Crippen LogP contribution in [-0.4, -0.2) is 46.5 Å². The molecule has 0 spiro atoms. The molecule has 5 nitrogen and oxygen atoms in total. The van der Waals surface area contributed by atoms with Gasteiger partial charge in [0.25, 0.3) is 0 Å². The van der Waals surface area contributed by atoms with E-state index in [-0.39, 0.29) is 30.3 Å². The fraction of sp³-hybridized carbons (Fsp3) is 1.00. The summed E-state index contributed by atoms with van der Waals surface area (Å²) in [6.07, 6.45) is 0.600. The molecule has 2 N–H and O–H groups in total. The number of hydrogen-bond donors (Lipinski definition) is 2. The minimum absolute atomic E-state index is 0. The molecule has 1 fully saturated rings. The molecule has 1 heterocycles. The lowest BCUT2D eigenvalue weighted by atomic mass is 10.3. The van der Waals surface area contributed by atoms with Crippen LogP contribution in [0.25, 0.3) is 0 Å². The van der Waals surface area contributed by atoms with Crippen molar-refractivity contribution < 1.29 is 13.2 Å². The Morgan fingerprint density at radius 3 is 2.73 bits per heavy atom. The average Bonchev–Trinajstić information content (AvgIpc) is 2.54. The number of halogens is 1. The van der Waals surface area contributed by atoms with Crippen LogP contribution in [0, 0.1) is 0 Å². The molecule has 0 bridgehead atoms. The lowest BCUT2D eigenvalue weighted by molar-refractivity contribution is 0.136. The van der Waals surface area contributed by atoms with Gasteiger partial charge in [0.2, 0.25) is 10.0 Å². The van der Waals surface area contributed by atoms with Gasteiger partial charge < -0.3 is 10.1 Å². The maximum Gasteiger partial charge on any atom is 0.214 e. The molecular weight excluding hydrogens is 240 g/mol. The van der Waals surface area contributed by atoms with Crippen LogP contribution in [0.2, 0.25) is 0 Å². The van der Waals surface area contributed by atoms with Crippen molar-refractivity contribution in [1.82, 2.24) is 10.0 Å². The SMILES string of the molecule is COC(C)CS(=O)(=O)NC1CCNC1.Cl. The van der Waals surface area contributed by atoms with Crippen LogP contribution in [0.3, 0.4) is 0 Å². The first-order chi connectivity index (χ1) is 6.53. The van der Waals surface area contributed by atoms with E-state index < -0.39 is 10.0 Å². The first-order valence-corrected chi connectivity index (χ1v) is 6.42. The summed E-state index contributed by atoms with van der Waals surface area (Å²) < 4.78 is 30.6. The highest BCUT2D eigenvalue weighted by atomic mass is 35.5. The normalized spacial score (nSPS) is 23.5.